The summed E-state index contributed by atoms with van der Waals surface area (Å²) >= 11 is 2.88. The summed E-state index contributed by atoms with van der Waals surface area (Å²) in [6.07, 6.45) is 1.71. The highest BCUT2D eigenvalue weighted by molar-refractivity contribution is 8.45. The molecule has 0 saturated heterocycles. The number of aryl methyl sites for hydroxylation is 1. The van der Waals surface area contributed by atoms with Gasteiger partial charge in [0.1, 0.15) is 11.5 Å². The van der Waals surface area contributed by atoms with Crippen molar-refractivity contribution in [1.29, 1.82) is 5.41 Å². The number of aliphatic imine (C=N–C) groups is 1. The summed E-state index contributed by atoms with van der Waals surface area (Å²) in [5, 5.41) is 14.9. The van der Waals surface area contributed by atoms with E-state index in [4.69, 9.17) is 14.9 Å². The SMILES string of the molecule is CCSC1=NN2C(=N)C(=Cc3cc(C)n(-c4ccc(OC)cc4OC)c3C)C(=O)N=C2S1. The number of hydrazone groups is 1. The lowest BCUT2D eigenvalue weighted by Gasteiger charge is -2.20. The number of hydrogen-bond acceptors (Lipinski definition) is 7. The molecule has 1 amide bonds. The van der Waals surface area contributed by atoms with E-state index in [9.17, 15) is 4.79 Å². The van der Waals surface area contributed by atoms with Gasteiger partial charge in [0.2, 0.25) is 5.17 Å². The van der Waals surface area contributed by atoms with E-state index in [1.54, 1.807) is 32.1 Å². The third-order valence-electron chi connectivity index (χ3n) is 5.10. The Balaban J connectivity index is 1.74. The van der Waals surface area contributed by atoms with Crippen LogP contribution < -0.4 is 9.47 Å². The van der Waals surface area contributed by atoms with Gasteiger partial charge in [0.05, 0.1) is 25.5 Å². The van der Waals surface area contributed by atoms with E-state index in [0.29, 0.717) is 16.7 Å². The van der Waals surface area contributed by atoms with Crippen LogP contribution in [0.4, 0.5) is 0 Å². The Hall–Kier alpha value is -2.98. The largest absolute Gasteiger partial charge is 0.497 e. The lowest BCUT2D eigenvalue weighted by Crippen LogP contribution is -2.35. The molecule has 2 aliphatic heterocycles. The fraction of sp³-hybridized carbons (Fsp3) is 0.273. The molecule has 0 saturated carbocycles. The molecule has 0 unspecified atom stereocenters. The second-order valence-electron chi connectivity index (χ2n) is 7.02. The first-order valence-corrected chi connectivity index (χ1v) is 11.7. The van der Waals surface area contributed by atoms with Crippen molar-refractivity contribution < 1.29 is 14.3 Å². The molecule has 1 aromatic heterocycles. The van der Waals surface area contributed by atoms with Gasteiger partial charge in [-0.3, -0.25) is 10.2 Å². The number of methoxy groups -OCH3 is 2. The number of amidine groups is 2. The number of benzene rings is 1. The molecular formula is C22H23N5O3S2. The molecule has 0 atom stereocenters. The average Bonchev–Trinajstić information content (AvgIpc) is 3.30. The van der Waals surface area contributed by atoms with E-state index in [-0.39, 0.29) is 11.4 Å². The molecule has 0 spiro atoms. The summed E-state index contributed by atoms with van der Waals surface area (Å²) < 4.78 is 13.7. The number of carbonyl (C=O) groups is 1. The predicted molar refractivity (Wildman–Crippen MR) is 131 cm³/mol. The number of nitrogens with one attached hydrogen (secondary N) is 1. The molecule has 166 valence electrons. The number of rotatable bonds is 5. The van der Waals surface area contributed by atoms with Crippen molar-refractivity contribution in [2.75, 3.05) is 20.0 Å². The third kappa shape index (κ3) is 3.84. The molecule has 3 heterocycles. The van der Waals surface area contributed by atoms with Gasteiger partial charge in [-0.05, 0) is 61.2 Å². The van der Waals surface area contributed by atoms with Crippen molar-refractivity contribution in [3.05, 3.63) is 46.8 Å². The minimum atomic E-state index is -0.432. The highest BCUT2D eigenvalue weighted by Gasteiger charge is 2.35. The number of nitrogens with zero attached hydrogens (tertiary/aromatic N) is 4. The van der Waals surface area contributed by atoms with Gasteiger partial charge in [0.15, 0.2) is 10.2 Å². The summed E-state index contributed by atoms with van der Waals surface area (Å²) in [4.78, 5) is 16.9. The maximum Gasteiger partial charge on any atom is 0.283 e. The monoisotopic (exact) mass is 469 g/mol. The van der Waals surface area contributed by atoms with Crippen LogP contribution in [-0.2, 0) is 4.79 Å². The van der Waals surface area contributed by atoms with Crippen molar-refractivity contribution in [3.63, 3.8) is 0 Å². The number of amides is 1. The highest BCUT2D eigenvalue weighted by atomic mass is 32.2. The molecule has 0 fully saturated rings. The van der Waals surface area contributed by atoms with Crippen LogP contribution in [0, 0.1) is 19.3 Å². The summed E-state index contributed by atoms with van der Waals surface area (Å²) in [6.45, 7) is 5.98. The lowest BCUT2D eigenvalue weighted by molar-refractivity contribution is -0.114. The van der Waals surface area contributed by atoms with Crippen LogP contribution in [0.25, 0.3) is 11.8 Å². The molecule has 0 radical (unpaired) electrons. The maximum atomic E-state index is 12.7. The zero-order valence-corrected chi connectivity index (χ0v) is 20.1. The van der Waals surface area contributed by atoms with Crippen molar-refractivity contribution in [2.24, 2.45) is 10.1 Å². The smallest absolute Gasteiger partial charge is 0.283 e. The molecule has 32 heavy (non-hydrogen) atoms. The normalized spacial score (nSPS) is 16.9. The predicted octanol–water partition coefficient (Wildman–Crippen LogP) is 4.44. The molecular weight excluding hydrogens is 446 g/mol. The first-order valence-electron chi connectivity index (χ1n) is 9.92. The first-order chi connectivity index (χ1) is 15.4. The number of fused-ring (bicyclic) bond motifs is 1. The van der Waals surface area contributed by atoms with Crippen LogP contribution in [0.2, 0.25) is 0 Å². The fourth-order valence-corrected chi connectivity index (χ4v) is 5.41. The average molecular weight is 470 g/mol. The van der Waals surface area contributed by atoms with Crippen LogP contribution in [0.1, 0.15) is 23.9 Å². The number of hydrogen-bond donors (Lipinski definition) is 1. The highest BCUT2D eigenvalue weighted by Crippen LogP contribution is 2.34. The molecule has 0 bridgehead atoms. The number of carbonyl (C=O) groups excluding carboxylic acids is 1. The van der Waals surface area contributed by atoms with Crippen LogP contribution in [0.5, 0.6) is 11.5 Å². The minimum Gasteiger partial charge on any atom is -0.497 e. The molecule has 0 aliphatic carbocycles. The maximum absolute atomic E-state index is 12.7. The Morgan fingerprint density at radius 2 is 2.00 bits per heavy atom. The van der Waals surface area contributed by atoms with Gasteiger partial charge < -0.3 is 14.0 Å². The summed E-state index contributed by atoms with van der Waals surface area (Å²) in [6, 6.07) is 7.62. The minimum absolute atomic E-state index is 0.0334. The Kier molecular flexibility index (Phi) is 6.16. The second kappa shape index (κ2) is 8.87. The van der Waals surface area contributed by atoms with E-state index in [2.05, 4.69) is 14.7 Å². The number of aromatic nitrogens is 1. The zero-order chi connectivity index (χ0) is 23.0. The zero-order valence-electron chi connectivity index (χ0n) is 18.4. The summed E-state index contributed by atoms with van der Waals surface area (Å²) in [5.41, 5.74) is 3.78. The molecule has 2 aliphatic rings. The number of thioether (sulfide) groups is 2. The van der Waals surface area contributed by atoms with Gasteiger partial charge in [-0.25, -0.2) is 0 Å². The number of ether oxygens (including phenoxy) is 2. The Morgan fingerprint density at radius 1 is 1.22 bits per heavy atom. The molecule has 2 aromatic rings. The topological polar surface area (TPSA) is 92.3 Å². The first kappa shape index (κ1) is 22.2. The van der Waals surface area contributed by atoms with E-state index < -0.39 is 5.91 Å². The molecule has 4 rings (SSSR count). The Bertz CT molecular complexity index is 1210. The van der Waals surface area contributed by atoms with Gasteiger partial charge in [0, 0.05) is 17.5 Å². The van der Waals surface area contributed by atoms with E-state index in [1.807, 2.05) is 45.0 Å². The van der Waals surface area contributed by atoms with Crippen LogP contribution in [-0.4, -0.2) is 50.8 Å². The van der Waals surface area contributed by atoms with Crippen LogP contribution >= 0.6 is 23.5 Å². The van der Waals surface area contributed by atoms with Gasteiger partial charge >= 0.3 is 0 Å². The quantitative estimate of drug-likeness (QED) is 0.651. The molecule has 10 heteroatoms. The molecule has 1 aromatic carbocycles. The van der Waals surface area contributed by atoms with Crippen molar-refractivity contribution in [3.8, 4) is 17.2 Å². The third-order valence-corrected chi connectivity index (χ3v) is 7.03. The Morgan fingerprint density at radius 3 is 2.69 bits per heavy atom. The second-order valence-corrected chi connectivity index (χ2v) is 9.49. The standard InChI is InChI=1S/C22H23N5O3S2/c1-6-31-22-25-27-19(23)16(20(28)24-21(27)32-22)10-14-9-12(2)26(13(14)3)17-8-7-15(29-4)11-18(17)30-5/h7-11,23H,6H2,1-5H3. The summed E-state index contributed by atoms with van der Waals surface area (Å²) in [7, 11) is 3.23. The summed E-state index contributed by atoms with van der Waals surface area (Å²) in [5.74, 6) is 1.84. The van der Waals surface area contributed by atoms with Crippen molar-refractivity contribution >= 4 is 50.9 Å². The lowest BCUT2D eigenvalue weighted by atomic mass is 10.1. The van der Waals surface area contributed by atoms with E-state index in [1.165, 1.54) is 16.8 Å². The molecule has 8 nitrogen and oxygen atoms in total. The van der Waals surface area contributed by atoms with Crippen LogP contribution in [0.3, 0.4) is 0 Å². The van der Waals surface area contributed by atoms with Crippen molar-refractivity contribution in [1.82, 2.24) is 9.58 Å². The van der Waals surface area contributed by atoms with Gasteiger partial charge in [-0.1, -0.05) is 18.7 Å². The van der Waals surface area contributed by atoms with Gasteiger partial charge in [-0.15, -0.1) is 5.10 Å². The van der Waals surface area contributed by atoms with Gasteiger partial charge in [0.25, 0.3) is 5.91 Å². The Labute approximate surface area is 194 Å². The van der Waals surface area contributed by atoms with E-state index in [0.717, 1.165) is 32.8 Å². The van der Waals surface area contributed by atoms with E-state index >= 15 is 0 Å². The van der Waals surface area contributed by atoms with Crippen LogP contribution in [0.15, 0.2) is 39.9 Å². The molecule has 1 N–H and O–H groups in total. The van der Waals surface area contributed by atoms with Gasteiger partial charge in [-0.2, -0.15) is 10.0 Å². The van der Waals surface area contributed by atoms with Crippen molar-refractivity contribution in [2.45, 2.75) is 20.8 Å². The fourth-order valence-electron chi connectivity index (χ4n) is 3.59.